The molecule has 2 aliphatic rings. The van der Waals surface area contributed by atoms with Gasteiger partial charge in [0.1, 0.15) is 16.4 Å². The normalized spacial score (nSPS) is 18.9. The van der Waals surface area contributed by atoms with Crippen molar-refractivity contribution in [1.82, 2.24) is 4.31 Å². The molecule has 1 aromatic heterocycles. The second kappa shape index (κ2) is 13.9. The number of carboxylic acid groups (broad SMARTS) is 1. The molecular weight excluding hydrogens is 650 g/mol. The van der Waals surface area contributed by atoms with Gasteiger partial charge in [0.25, 0.3) is 0 Å². The maximum absolute atomic E-state index is 14.4. The number of para-hydroxylation sites is 1. The number of halogens is 1. The van der Waals surface area contributed by atoms with Gasteiger partial charge in [-0.05, 0) is 49.1 Å². The number of thiophene rings is 1. The molecule has 1 fully saturated rings. The van der Waals surface area contributed by atoms with Crippen LogP contribution in [-0.4, -0.2) is 69.8 Å². The van der Waals surface area contributed by atoms with Crippen LogP contribution < -0.4 is 10.2 Å². The Morgan fingerprint density at radius 2 is 1.78 bits per heavy atom. The summed E-state index contributed by atoms with van der Waals surface area (Å²) < 4.78 is 40.7. The van der Waals surface area contributed by atoms with E-state index in [0.29, 0.717) is 29.3 Å². The number of benzene rings is 2. The number of carbonyl (C=O) groups excluding carboxylic acids is 1. The molecule has 2 heterocycles. The summed E-state index contributed by atoms with van der Waals surface area (Å²) in [6, 6.07) is 14.1. The number of ether oxygens (including phenoxy) is 2. The summed E-state index contributed by atoms with van der Waals surface area (Å²) in [5, 5.41) is 12.7. The van der Waals surface area contributed by atoms with Gasteiger partial charge in [-0.25, -0.2) is 18.0 Å². The molecule has 0 unspecified atom stereocenters. The summed E-state index contributed by atoms with van der Waals surface area (Å²) in [4.78, 5) is 27.2. The van der Waals surface area contributed by atoms with E-state index in [0.717, 1.165) is 49.1 Å². The number of nitrogens with zero attached hydrogens (tertiary/aromatic N) is 2. The molecule has 2 aromatic carbocycles. The van der Waals surface area contributed by atoms with Crippen LogP contribution in [0.25, 0.3) is 10.4 Å². The summed E-state index contributed by atoms with van der Waals surface area (Å²) in [6.45, 7) is 4.62. The van der Waals surface area contributed by atoms with Crippen LogP contribution in [0.4, 0.5) is 21.9 Å². The minimum atomic E-state index is -3.99. The summed E-state index contributed by atoms with van der Waals surface area (Å²) >= 11 is 7.78. The van der Waals surface area contributed by atoms with E-state index >= 15 is 0 Å². The summed E-state index contributed by atoms with van der Waals surface area (Å²) in [7, 11) is -0.784. The van der Waals surface area contributed by atoms with Crippen molar-refractivity contribution in [3.8, 4) is 10.4 Å². The number of fused-ring (bicyclic) bond motifs is 1. The third-order valence-corrected chi connectivity index (χ3v) is 12.0. The van der Waals surface area contributed by atoms with Gasteiger partial charge in [-0.15, -0.1) is 11.3 Å². The maximum Gasteiger partial charge on any atom is 0.411 e. The molecule has 1 aliphatic carbocycles. The number of nitrogens with one attached hydrogen (secondary N) is 1. The number of methoxy groups -OCH3 is 1. The van der Waals surface area contributed by atoms with Crippen molar-refractivity contribution >= 4 is 62.1 Å². The Labute approximate surface area is 279 Å². The van der Waals surface area contributed by atoms with Crippen LogP contribution in [0, 0.1) is 11.3 Å². The molecule has 13 heteroatoms. The Morgan fingerprint density at radius 1 is 1.09 bits per heavy atom. The van der Waals surface area contributed by atoms with Gasteiger partial charge in [-0.1, -0.05) is 62.9 Å². The molecule has 3 aromatic rings. The van der Waals surface area contributed by atoms with Crippen molar-refractivity contribution in [1.29, 1.82) is 0 Å². The Kier molecular flexibility index (Phi) is 10.3. The molecule has 0 radical (unpaired) electrons. The van der Waals surface area contributed by atoms with E-state index in [-0.39, 0.29) is 39.0 Å². The van der Waals surface area contributed by atoms with Gasteiger partial charge in [0, 0.05) is 48.3 Å². The van der Waals surface area contributed by atoms with Crippen molar-refractivity contribution in [3.05, 3.63) is 58.4 Å². The van der Waals surface area contributed by atoms with Crippen LogP contribution in [0.1, 0.15) is 55.6 Å². The quantitative estimate of drug-likeness (QED) is 0.234. The van der Waals surface area contributed by atoms with E-state index in [1.54, 1.807) is 20.2 Å². The number of carbonyl (C=O) groups is 2. The number of likely N-dealkylation sites (N-methyl/N-ethyl adjacent to an activating group) is 1. The predicted octanol–water partition coefficient (Wildman–Crippen LogP) is 7.71. The number of hydrogen-bond donors (Lipinski definition) is 2. The lowest BCUT2D eigenvalue weighted by molar-refractivity contribution is 0.0452. The van der Waals surface area contributed by atoms with Crippen molar-refractivity contribution < 1.29 is 32.6 Å². The van der Waals surface area contributed by atoms with E-state index < -0.39 is 27.5 Å². The van der Waals surface area contributed by atoms with Crippen molar-refractivity contribution in [2.24, 2.45) is 11.3 Å². The van der Waals surface area contributed by atoms with E-state index in [4.69, 9.17) is 21.1 Å². The van der Waals surface area contributed by atoms with Crippen molar-refractivity contribution in [3.63, 3.8) is 0 Å². The summed E-state index contributed by atoms with van der Waals surface area (Å²) in [5.41, 5.74) is 1.23. The first kappa shape index (κ1) is 34.2. The molecule has 2 N–H and O–H groups in total. The highest BCUT2D eigenvalue weighted by Crippen LogP contribution is 2.46. The standard InChI is InChI=1S/C33H40ClN3O7S2/c1-33(2,19-43-4)20-44-32(40)35-25-17-28(45-30(25)31(38)39)23-15-29-26(16-24(23)34)37(22-13-9-6-10-14-22)18-27(36(3)46(29,41)42)21-11-7-5-8-12-21/h6,9-10,13-17,21,27H,5,7-8,11-12,18-20H2,1-4H3,(H,35,40)(H,38,39)/t27-/m0/s1. The minimum Gasteiger partial charge on any atom is -0.477 e. The minimum absolute atomic E-state index is 0.0244. The molecule has 46 heavy (non-hydrogen) atoms. The van der Waals surface area contributed by atoms with Crippen LogP contribution >= 0.6 is 22.9 Å². The third-order valence-electron chi connectivity index (χ3n) is 8.65. The fourth-order valence-corrected chi connectivity index (χ4v) is 9.22. The van der Waals surface area contributed by atoms with Crippen LogP contribution in [0.15, 0.2) is 53.4 Å². The van der Waals surface area contributed by atoms with Crippen LogP contribution in [0.2, 0.25) is 5.02 Å². The summed E-state index contributed by atoms with van der Waals surface area (Å²) in [5.74, 6) is -1.04. The van der Waals surface area contributed by atoms with Gasteiger partial charge in [0.2, 0.25) is 10.0 Å². The Bertz CT molecular complexity index is 1690. The van der Waals surface area contributed by atoms with Crippen LogP contribution in [-0.2, 0) is 19.5 Å². The van der Waals surface area contributed by atoms with E-state index in [1.165, 1.54) is 16.4 Å². The SMILES string of the molecule is COCC(C)(C)COC(=O)Nc1cc(-c2cc3c(cc2Cl)N(c2ccccc2)C[C@@H](C2CCCCC2)N(C)S3(=O)=O)sc1C(=O)O. The lowest BCUT2D eigenvalue weighted by atomic mass is 9.83. The van der Waals surface area contributed by atoms with E-state index in [2.05, 4.69) is 5.32 Å². The Hall–Kier alpha value is -3.16. The monoisotopic (exact) mass is 689 g/mol. The molecule has 10 nitrogen and oxygen atoms in total. The van der Waals surface area contributed by atoms with Gasteiger partial charge in [-0.2, -0.15) is 4.31 Å². The molecular formula is C33H40ClN3O7S2. The van der Waals surface area contributed by atoms with Gasteiger partial charge in [-0.3, -0.25) is 5.32 Å². The topological polar surface area (TPSA) is 125 Å². The summed E-state index contributed by atoms with van der Waals surface area (Å²) in [6.07, 6.45) is 4.40. The zero-order valence-electron chi connectivity index (χ0n) is 26.4. The molecule has 1 atom stereocenters. The number of amides is 1. The largest absolute Gasteiger partial charge is 0.477 e. The number of carboxylic acids is 1. The highest BCUT2D eigenvalue weighted by molar-refractivity contribution is 7.89. The average molecular weight is 690 g/mol. The van der Waals surface area contributed by atoms with Gasteiger partial charge in [0.05, 0.1) is 23.0 Å². The van der Waals surface area contributed by atoms with Crippen molar-refractivity contribution in [2.75, 3.05) is 44.1 Å². The highest BCUT2D eigenvalue weighted by Gasteiger charge is 2.41. The van der Waals surface area contributed by atoms with Crippen LogP contribution in [0.3, 0.4) is 0 Å². The first-order valence-corrected chi connectivity index (χ1v) is 17.9. The van der Waals surface area contributed by atoms with Gasteiger partial charge >= 0.3 is 12.1 Å². The molecule has 5 rings (SSSR count). The number of anilines is 3. The lowest BCUT2D eigenvalue weighted by Crippen LogP contribution is -2.46. The maximum atomic E-state index is 14.4. The van der Waals surface area contributed by atoms with E-state index in [9.17, 15) is 23.1 Å². The predicted molar refractivity (Wildman–Crippen MR) is 181 cm³/mol. The number of aromatic carboxylic acids is 1. The molecule has 0 spiro atoms. The van der Waals surface area contributed by atoms with Crippen molar-refractivity contribution in [2.45, 2.75) is 56.9 Å². The number of rotatable bonds is 9. The zero-order chi connectivity index (χ0) is 33.2. The molecule has 248 valence electrons. The molecule has 1 aliphatic heterocycles. The first-order valence-electron chi connectivity index (χ1n) is 15.3. The highest BCUT2D eigenvalue weighted by atomic mass is 35.5. The third kappa shape index (κ3) is 7.21. The lowest BCUT2D eigenvalue weighted by Gasteiger charge is -2.36. The second-order valence-corrected chi connectivity index (χ2v) is 16.1. The molecule has 1 saturated carbocycles. The fraction of sp³-hybridized carbons (Fsp3) is 0.455. The second-order valence-electron chi connectivity index (χ2n) is 12.7. The van der Waals surface area contributed by atoms with Gasteiger partial charge < -0.3 is 19.5 Å². The molecule has 1 amide bonds. The first-order chi connectivity index (χ1) is 21.8. The Morgan fingerprint density at radius 3 is 2.43 bits per heavy atom. The van der Waals surface area contributed by atoms with E-state index in [1.807, 2.05) is 49.1 Å². The fourth-order valence-electron chi connectivity index (χ4n) is 6.32. The Balaban J connectivity index is 1.56. The number of hydrogen-bond acceptors (Lipinski definition) is 8. The zero-order valence-corrected chi connectivity index (χ0v) is 28.8. The average Bonchev–Trinajstić information content (AvgIpc) is 3.41. The molecule has 0 bridgehead atoms. The smallest absolute Gasteiger partial charge is 0.411 e. The van der Waals surface area contributed by atoms with Crippen LogP contribution in [0.5, 0.6) is 0 Å². The van der Waals surface area contributed by atoms with Gasteiger partial charge in [0.15, 0.2) is 0 Å². The molecule has 0 saturated heterocycles. The number of sulfonamides is 1.